The van der Waals surface area contributed by atoms with E-state index in [4.69, 9.17) is 32.7 Å². The highest BCUT2D eigenvalue weighted by Gasteiger charge is 2.12. The SMILES string of the molecule is COc1cc(/C=C(/C#N)C(=O)Nc2cccc(Br)c2)ccc1OCc1ccc(Cl)cc1Cl. The number of nitrogens with zero attached hydrogens (tertiary/aromatic N) is 1. The van der Waals surface area contributed by atoms with Crippen LogP contribution >= 0.6 is 39.1 Å². The quantitative estimate of drug-likeness (QED) is 0.266. The number of carbonyl (C=O) groups is 1. The molecular formula is C24H17BrCl2N2O3. The van der Waals surface area contributed by atoms with Gasteiger partial charge in [0.05, 0.1) is 7.11 Å². The highest BCUT2D eigenvalue weighted by atomic mass is 79.9. The minimum Gasteiger partial charge on any atom is -0.493 e. The Kier molecular flexibility index (Phi) is 8.18. The van der Waals surface area contributed by atoms with E-state index in [0.29, 0.717) is 32.8 Å². The molecule has 32 heavy (non-hydrogen) atoms. The topological polar surface area (TPSA) is 71.3 Å². The Hall–Kier alpha value is -2.98. The molecule has 3 aromatic carbocycles. The van der Waals surface area contributed by atoms with Crippen LogP contribution in [-0.4, -0.2) is 13.0 Å². The van der Waals surface area contributed by atoms with Crippen LogP contribution in [-0.2, 0) is 11.4 Å². The third-order valence-electron chi connectivity index (χ3n) is 4.34. The number of carbonyl (C=O) groups excluding carboxylic acids is 1. The number of hydrogen-bond donors (Lipinski definition) is 1. The Balaban J connectivity index is 1.76. The van der Waals surface area contributed by atoms with E-state index < -0.39 is 5.91 Å². The molecule has 0 bridgehead atoms. The largest absolute Gasteiger partial charge is 0.493 e. The van der Waals surface area contributed by atoms with Gasteiger partial charge in [-0.15, -0.1) is 0 Å². The lowest BCUT2D eigenvalue weighted by atomic mass is 10.1. The zero-order valence-corrected chi connectivity index (χ0v) is 20.0. The van der Waals surface area contributed by atoms with Crippen molar-refractivity contribution in [2.45, 2.75) is 6.61 Å². The molecule has 1 amide bonds. The summed E-state index contributed by atoms with van der Waals surface area (Å²) in [5.41, 5.74) is 1.92. The van der Waals surface area contributed by atoms with Crippen LogP contribution in [0.15, 0.2) is 70.7 Å². The first-order valence-electron chi connectivity index (χ1n) is 9.33. The van der Waals surface area contributed by atoms with Crippen molar-refractivity contribution in [1.82, 2.24) is 0 Å². The van der Waals surface area contributed by atoms with Gasteiger partial charge in [0.25, 0.3) is 5.91 Å². The van der Waals surface area contributed by atoms with Crippen LogP contribution in [0.25, 0.3) is 6.08 Å². The van der Waals surface area contributed by atoms with Gasteiger partial charge in [-0.1, -0.05) is 57.3 Å². The predicted octanol–water partition coefficient (Wildman–Crippen LogP) is 6.89. The smallest absolute Gasteiger partial charge is 0.266 e. The summed E-state index contributed by atoms with van der Waals surface area (Å²) in [6.45, 7) is 0.222. The molecule has 0 aliphatic heterocycles. The molecule has 8 heteroatoms. The minimum atomic E-state index is -0.512. The van der Waals surface area contributed by atoms with Gasteiger partial charge in [0.15, 0.2) is 11.5 Å². The van der Waals surface area contributed by atoms with E-state index in [0.717, 1.165) is 10.0 Å². The number of nitrogens with one attached hydrogen (secondary N) is 1. The number of benzene rings is 3. The van der Waals surface area contributed by atoms with Crippen molar-refractivity contribution in [2.75, 3.05) is 12.4 Å². The van der Waals surface area contributed by atoms with Gasteiger partial charge in [-0.25, -0.2) is 0 Å². The van der Waals surface area contributed by atoms with Gasteiger partial charge < -0.3 is 14.8 Å². The van der Waals surface area contributed by atoms with Gasteiger partial charge in [0.1, 0.15) is 18.2 Å². The molecule has 5 nitrogen and oxygen atoms in total. The molecule has 3 aromatic rings. The summed E-state index contributed by atoms with van der Waals surface area (Å²) in [6.07, 6.45) is 1.48. The molecule has 0 spiro atoms. The Bertz CT molecular complexity index is 1220. The Morgan fingerprint density at radius 1 is 1.12 bits per heavy atom. The maximum Gasteiger partial charge on any atom is 0.266 e. The number of rotatable bonds is 7. The summed E-state index contributed by atoms with van der Waals surface area (Å²) in [5.74, 6) is 0.434. The lowest BCUT2D eigenvalue weighted by molar-refractivity contribution is -0.112. The first-order chi connectivity index (χ1) is 15.4. The summed E-state index contributed by atoms with van der Waals surface area (Å²) < 4.78 is 12.1. The molecule has 0 aromatic heterocycles. The lowest BCUT2D eigenvalue weighted by Gasteiger charge is -2.12. The molecule has 0 saturated carbocycles. The van der Waals surface area contributed by atoms with E-state index in [9.17, 15) is 10.1 Å². The molecule has 0 fully saturated rings. The van der Waals surface area contributed by atoms with Crippen LogP contribution in [0.2, 0.25) is 10.0 Å². The Morgan fingerprint density at radius 2 is 1.94 bits per heavy atom. The van der Waals surface area contributed by atoms with Crippen LogP contribution in [0.4, 0.5) is 5.69 Å². The molecule has 3 rings (SSSR count). The summed E-state index contributed by atoms with van der Waals surface area (Å²) in [5, 5.41) is 13.2. The zero-order valence-electron chi connectivity index (χ0n) is 16.9. The van der Waals surface area contributed by atoms with Crippen LogP contribution in [0.3, 0.4) is 0 Å². The monoisotopic (exact) mass is 530 g/mol. The van der Waals surface area contributed by atoms with Crippen LogP contribution < -0.4 is 14.8 Å². The van der Waals surface area contributed by atoms with Crippen molar-refractivity contribution < 1.29 is 14.3 Å². The summed E-state index contributed by atoms with van der Waals surface area (Å²) in [6, 6.07) is 19.3. The summed E-state index contributed by atoms with van der Waals surface area (Å²) in [4.78, 5) is 12.5. The first kappa shape index (κ1) is 23.7. The minimum absolute atomic E-state index is 0.0476. The van der Waals surface area contributed by atoms with E-state index in [1.807, 2.05) is 12.1 Å². The Labute approximate surface area is 204 Å². The van der Waals surface area contributed by atoms with Crippen molar-refractivity contribution in [2.24, 2.45) is 0 Å². The van der Waals surface area contributed by atoms with Gasteiger partial charge in [-0.05, 0) is 54.1 Å². The average molecular weight is 532 g/mol. The number of hydrogen-bond acceptors (Lipinski definition) is 4. The number of nitriles is 1. The van der Waals surface area contributed by atoms with Gasteiger partial charge >= 0.3 is 0 Å². The van der Waals surface area contributed by atoms with E-state index in [2.05, 4.69) is 21.2 Å². The average Bonchev–Trinajstić information content (AvgIpc) is 2.77. The molecule has 162 valence electrons. The molecule has 0 saturated heterocycles. The second-order valence-corrected chi connectivity index (χ2v) is 8.33. The molecule has 0 heterocycles. The molecule has 0 atom stereocenters. The fourth-order valence-corrected chi connectivity index (χ4v) is 3.63. The first-order valence-corrected chi connectivity index (χ1v) is 10.9. The number of halogens is 3. The van der Waals surface area contributed by atoms with Crippen LogP contribution in [0, 0.1) is 11.3 Å². The second-order valence-electron chi connectivity index (χ2n) is 6.57. The van der Waals surface area contributed by atoms with Gasteiger partial charge in [0, 0.05) is 25.8 Å². The van der Waals surface area contributed by atoms with Crippen molar-refractivity contribution in [3.63, 3.8) is 0 Å². The van der Waals surface area contributed by atoms with Crippen molar-refractivity contribution in [3.05, 3.63) is 91.9 Å². The predicted molar refractivity (Wildman–Crippen MR) is 130 cm³/mol. The molecular weight excluding hydrogens is 515 g/mol. The molecule has 0 aliphatic rings. The van der Waals surface area contributed by atoms with Crippen LogP contribution in [0.5, 0.6) is 11.5 Å². The van der Waals surface area contributed by atoms with E-state index in [-0.39, 0.29) is 12.2 Å². The van der Waals surface area contributed by atoms with Crippen molar-refractivity contribution >= 4 is 56.8 Å². The zero-order chi connectivity index (χ0) is 23.1. The van der Waals surface area contributed by atoms with E-state index in [1.54, 1.807) is 54.6 Å². The van der Waals surface area contributed by atoms with Gasteiger partial charge in [-0.2, -0.15) is 5.26 Å². The molecule has 0 unspecified atom stereocenters. The van der Waals surface area contributed by atoms with Crippen LogP contribution in [0.1, 0.15) is 11.1 Å². The molecule has 0 radical (unpaired) electrons. The Morgan fingerprint density at radius 3 is 2.62 bits per heavy atom. The molecule has 0 aliphatic carbocycles. The third kappa shape index (κ3) is 6.27. The van der Waals surface area contributed by atoms with Gasteiger partial charge in [0.2, 0.25) is 0 Å². The fraction of sp³-hybridized carbons (Fsp3) is 0.0833. The normalized spacial score (nSPS) is 10.9. The number of methoxy groups -OCH3 is 1. The summed E-state index contributed by atoms with van der Waals surface area (Å²) >= 11 is 15.5. The summed E-state index contributed by atoms with van der Waals surface area (Å²) in [7, 11) is 1.51. The number of amides is 1. The van der Waals surface area contributed by atoms with Gasteiger partial charge in [-0.3, -0.25) is 4.79 Å². The molecule has 1 N–H and O–H groups in total. The van der Waals surface area contributed by atoms with Crippen molar-refractivity contribution in [3.8, 4) is 17.6 Å². The highest BCUT2D eigenvalue weighted by molar-refractivity contribution is 9.10. The lowest BCUT2D eigenvalue weighted by Crippen LogP contribution is -2.13. The number of ether oxygens (including phenoxy) is 2. The van der Waals surface area contributed by atoms with E-state index in [1.165, 1.54) is 13.2 Å². The van der Waals surface area contributed by atoms with Crippen molar-refractivity contribution in [1.29, 1.82) is 5.26 Å². The standard InChI is InChI=1S/C24H17BrCl2N2O3/c1-31-23-10-15(5-8-22(23)32-14-16-6-7-19(26)12-21(16)27)9-17(13-28)24(30)29-20-4-2-3-18(25)11-20/h2-12H,14H2,1H3,(H,29,30)/b17-9-. The second kappa shape index (κ2) is 11.1. The third-order valence-corrected chi connectivity index (χ3v) is 5.42. The van der Waals surface area contributed by atoms with E-state index >= 15 is 0 Å². The fourth-order valence-electron chi connectivity index (χ4n) is 2.77. The number of anilines is 1. The maximum absolute atomic E-state index is 12.5. The maximum atomic E-state index is 12.5. The highest BCUT2D eigenvalue weighted by Crippen LogP contribution is 2.31.